The monoisotopic (exact) mass is 177 g/mol. The molecule has 0 heterocycles. The zero-order valence-corrected chi connectivity index (χ0v) is 7.82. The average Bonchev–Trinajstić information content (AvgIpc) is 1.94. The molecule has 0 saturated heterocycles. The molecule has 0 bridgehead atoms. The Morgan fingerprint density at radius 1 is 1.00 bits per heavy atom. The van der Waals surface area contributed by atoms with Crippen LogP contribution in [0.25, 0.3) is 0 Å². The predicted octanol–water partition coefficient (Wildman–Crippen LogP) is 0.431. The molecule has 0 saturated carbocycles. The lowest BCUT2D eigenvalue weighted by atomic mass is 10.3. The Balaban J connectivity index is -0.000000149. The van der Waals surface area contributed by atoms with Gasteiger partial charge in [0.25, 0.3) is 0 Å². The molecule has 0 aromatic heterocycles. The van der Waals surface area contributed by atoms with Crippen LogP contribution in [0.3, 0.4) is 0 Å². The van der Waals surface area contributed by atoms with Crippen LogP contribution in [0.1, 0.15) is 0 Å². The highest BCUT2D eigenvalue weighted by Crippen LogP contribution is 2.02. The molecule has 1 aromatic rings. The predicted molar refractivity (Wildman–Crippen MR) is 52.6 cm³/mol. The number of hydrogen-bond donors (Lipinski definition) is 4. The van der Waals surface area contributed by atoms with Crippen LogP contribution in [0.4, 0.5) is 0 Å². The van der Waals surface area contributed by atoms with E-state index in [-0.39, 0.29) is 16.0 Å². The van der Waals surface area contributed by atoms with Crippen molar-refractivity contribution in [2.24, 2.45) is 11.7 Å². The van der Waals surface area contributed by atoms with E-state index in [4.69, 9.17) is 5.11 Å². The first kappa shape index (κ1) is 16.7. The van der Waals surface area contributed by atoms with E-state index in [9.17, 15) is 0 Å². The van der Waals surface area contributed by atoms with Gasteiger partial charge in [-0.25, -0.2) is 0 Å². The van der Waals surface area contributed by atoms with Gasteiger partial charge in [-0.1, -0.05) is 18.2 Å². The molecule has 0 radical (unpaired) electrons. The molecule has 1 aromatic carbocycles. The SMILES string of the molecule is N.NN.Oc1ccccc1.P. The van der Waals surface area contributed by atoms with Crippen molar-refractivity contribution < 1.29 is 5.11 Å². The van der Waals surface area contributed by atoms with Gasteiger partial charge in [0.2, 0.25) is 0 Å². The van der Waals surface area contributed by atoms with Gasteiger partial charge in [-0.3, -0.25) is 11.7 Å². The van der Waals surface area contributed by atoms with E-state index in [2.05, 4.69) is 11.7 Å². The Morgan fingerprint density at radius 3 is 1.55 bits per heavy atom. The minimum absolute atomic E-state index is 0. The number of benzene rings is 1. The van der Waals surface area contributed by atoms with Crippen molar-refractivity contribution in [3.8, 4) is 5.75 Å². The zero-order valence-electron chi connectivity index (χ0n) is 6.40. The summed E-state index contributed by atoms with van der Waals surface area (Å²) in [4.78, 5) is 0. The highest BCUT2D eigenvalue weighted by atomic mass is 31.0. The fourth-order valence-electron chi connectivity index (χ4n) is 0.428. The lowest BCUT2D eigenvalue weighted by molar-refractivity contribution is 0.475. The van der Waals surface area contributed by atoms with Crippen molar-refractivity contribution in [2.75, 3.05) is 0 Å². The maximum Gasteiger partial charge on any atom is 0.115 e. The van der Waals surface area contributed by atoms with Gasteiger partial charge < -0.3 is 11.3 Å². The molecule has 5 heteroatoms. The summed E-state index contributed by atoms with van der Waals surface area (Å²) in [5.74, 6) is 8.32. The summed E-state index contributed by atoms with van der Waals surface area (Å²) >= 11 is 0. The first-order chi connectivity index (χ1) is 4.39. The fraction of sp³-hybridized carbons (Fsp3) is 0. The summed E-state index contributed by atoms with van der Waals surface area (Å²) in [6.07, 6.45) is 0. The Labute approximate surface area is 69.8 Å². The second-order valence-corrected chi connectivity index (χ2v) is 1.34. The third-order valence-electron chi connectivity index (χ3n) is 0.756. The van der Waals surface area contributed by atoms with Gasteiger partial charge in [0.15, 0.2) is 0 Å². The number of aromatic hydroxyl groups is 1. The van der Waals surface area contributed by atoms with Gasteiger partial charge in [-0.15, -0.1) is 0 Å². The van der Waals surface area contributed by atoms with Gasteiger partial charge >= 0.3 is 0 Å². The molecule has 0 amide bonds. The Morgan fingerprint density at radius 2 is 1.36 bits per heavy atom. The largest absolute Gasteiger partial charge is 0.508 e. The van der Waals surface area contributed by atoms with Gasteiger partial charge in [0, 0.05) is 0 Å². The molecular formula is C6H16N3OP. The van der Waals surface area contributed by atoms with Crippen molar-refractivity contribution in [3.63, 3.8) is 0 Å². The first-order valence-corrected chi connectivity index (χ1v) is 2.47. The van der Waals surface area contributed by atoms with Crippen LogP contribution in [0.15, 0.2) is 30.3 Å². The second kappa shape index (κ2) is 12.0. The minimum atomic E-state index is 0. The van der Waals surface area contributed by atoms with E-state index >= 15 is 0 Å². The zero-order chi connectivity index (χ0) is 7.11. The summed E-state index contributed by atoms with van der Waals surface area (Å²) in [5.41, 5.74) is 0. The number of hydrazine groups is 1. The fourth-order valence-corrected chi connectivity index (χ4v) is 0.428. The third-order valence-corrected chi connectivity index (χ3v) is 0.756. The molecule has 66 valence electrons. The molecule has 0 aliphatic heterocycles. The molecular weight excluding hydrogens is 161 g/mol. The van der Waals surface area contributed by atoms with Crippen molar-refractivity contribution in [1.29, 1.82) is 0 Å². The number of rotatable bonds is 0. The summed E-state index contributed by atoms with van der Waals surface area (Å²) in [6.45, 7) is 0. The van der Waals surface area contributed by atoms with Crippen LogP contribution in [-0.4, -0.2) is 5.11 Å². The van der Waals surface area contributed by atoms with Crippen molar-refractivity contribution >= 4 is 9.90 Å². The topological polar surface area (TPSA) is 107 Å². The number of para-hydroxylation sites is 1. The quantitative estimate of drug-likeness (QED) is 0.262. The van der Waals surface area contributed by atoms with Crippen LogP contribution in [0, 0.1) is 0 Å². The molecule has 1 rings (SSSR count). The third kappa shape index (κ3) is 9.33. The summed E-state index contributed by atoms with van der Waals surface area (Å²) in [6, 6.07) is 8.71. The van der Waals surface area contributed by atoms with Crippen molar-refractivity contribution in [2.45, 2.75) is 0 Å². The van der Waals surface area contributed by atoms with Gasteiger partial charge in [-0.2, -0.15) is 9.90 Å². The standard InChI is InChI=1S/C6H6O.H4N2.H3N.H3P/c7-6-4-2-1-3-5-6;1-2;;/h1-5,7H;1-2H2;2*1H3. The van der Waals surface area contributed by atoms with Gasteiger partial charge in [0.05, 0.1) is 0 Å². The summed E-state index contributed by atoms with van der Waals surface area (Å²) in [5, 5.41) is 8.63. The molecule has 1 atom stereocenters. The minimum Gasteiger partial charge on any atom is -0.508 e. The van der Waals surface area contributed by atoms with Crippen LogP contribution >= 0.6 is 9.90 Å². The number of phenols is 1. The molecule has 1 unspecified atom stereocenters. The lowest BCUT2D eigenvalue weighted by Crippen LogP contribution is -2.02. The van der Waals surface area contributed by atoms with Crippen LogP contribution in [0.2, 0.25) is 0 Å². The van der Waals surface area contributed by atoms with Gasteiger partial charge in [0.1, 0.15) is 5.75 Å². The number of hydrogen-bond acceptors (Lipinski definition) is 4. The molecule has 11 heavy (non-hydrogen) atoms. The van der Waals surface area contributed by atoms with E-state index in [1.165, 1.54) is 0 Å². The molecule has 4 nitrogen and oxygen atoms in total. The first-order valence-electron chi connectivity index (χ1n) is 2.47. The molecule has 0 aliphatic rings. The van der Waals surface area contributed by atoms with E-state index in [0.29, 0.717) is 5.75 Å². The van der Waals surface area contributed by atoms with E-state index in [1.807, 2.05) is 6.07 Å². The van der Waals surface area contributed by atoms with E-state index in [1.54, 1.807) is 24.3 Å². The molecule has 0 aliphatic carbocycles. The van der Waals surface area contributed by atoms with Crippen LogP contribution in [0.5, 0.6) is 5.75 Å². The van der Waals surface area contributed by atoms with E-state index < -0.39 is 0 Å². The van der Waals surface area contributed by atoms with Crippen LogP contribution < -0.4 is 17.8 Å². The number of phenolic OH excluding ortho intramolecular Hbond substituents is 1. The lowest BCUT2D eigenvalue weighted by Gasteiger charge is -1.82. The Hall–Kier alpha value is -0.670. The smallest absolute Gasteiger partial charge is 0.115 e. The maximum absolute atomic E-state index is 8.63. The molecule has 0 fully saturated rings. The summed E-state index contributed by atoms with van der Waals surface area (Å²) < 4.78 is 0. The summed E-state index contributed by atoms with van der Waals surface area (Å²) in [7, 11) is 0. The maximum atomic E-state index is 8.63. The molecule has 0 spiro atoms. The van der Waals surface area contributed by atoms with E-state index in [0.717, 1.165) is 0 Å². The van der Waals surface area contributed by atoms with Crippen LogP contribution in [-0.2, 0) is 0 Å². The molecule has 8 N–H and O–H groups in total. The normalized spacial score (nSPS) is 6.00. The van der Waals surface area contributed by atoms with Crippen molar-refractivity contribution in [1.82, 2.24) is 6.15 Å². The number of nitrogens with two attached hydrogens (primary N) is 2. The second-order valence-electron chi connectivity index (χ2n) is 1.34. The average molecular weight is 177 g/mol. The Kier molecular flexibility index (Phi) is 18.3. The van der Waals surface area contributed by atoms with Crippen molar-refractivity contribution in [3.05, 3.63) is 30.3 Å². The highest BCUT2D eigenvalue weighted by molar-refractivity contribution is 6.92. The Bertz CT molecular complexity index is 148. The van der Waals surface area contributed by atoms with Gasteiger partial charge in [-0.05, 0) is 12.1 Å². The highest BCUT2D eigenvalue weighted by Gasteiger charge is 1.74.